The molecule has 3 heterocycles. The Hall–Kier alpha value is -3.35. The van der Waals surface area contributed by atoms with E-state index in [1.165, 1.54) is 12.3 Å². The molecule has 0 saturated carbocycles. The molecule has 4 rings (SSSR count). The Bertz CT molecular complexity index is 999. The van der Waals surface area contributed by atoms with E-state index in [1.54, 1.807) is 36.4 Å². The molecule has 0 radical (unpaired) electrons. The average molecular weight is 393 g/mol. The van der Waals surface area contributed by atoms with E-state index in [2.05, 4.69) is 24.3 Å². The number of nitrogens with one attached hydrogen (secondary N) is 1. The van der Waals surface area contributed by atoms with Gasteiger partial charge < -0.3 is 19.2 Å². The SMILES string of the molecule is C[C@@H]1C[C@H](C)CN(C(=O)c2ccccc2NC(=O)c2cc(-c3ccco3)on2)C1. The summed E-state index contributed by atoms with van der Waals surface area (Å²) >= 11 is 0. The van der Waals surface area contributed by atoms with Crippen LogP contribution in [0.5, 0.6) is 0 Å². The number of nitrogens with zero attached hydrogens (tertiary/aromatic N) is 2. The topological polar surface area (TPSA) is 88.6 Å². The molecule has 1 fully saturated rings. The number of hydrogen-bond acceptors (Lipinski definition) is 5. The van der Waals surface area contributed by atoms with E-state index < -0.39 is 5.91 Å². The van der Waals surface area contributed by atoms with Crippen LogP contribution in [0.4, 0.5) is 5.69 Å². The predicted octanol–water partition coefficient (Wildman–Crippen LogP) is 4.31. The summed E-state index contributed by atoms with van der Waals surface area (Å²) < 4.78 is 10.4. The number of para-hydroxylation sites is 1. The number of hydrogen-bond donors (Lipinski definition) is 1. The van der Waals surface area contributed by atoms with Crippen molar-refractivity contribution in [1.29, 1.82) is 0 Å². The zero-order chi connectivity index (χ0) is 20.4. The number of aromatic nitrogens is 1. The van der Waals surface area contributed by atoms with Crippen LogP contribution in [0, 0.1) is 11.8 Å². The maximum atomic E-state index is 13.1. The van der Waals surface area contributed by atoms with Crippen LogP contribution in [-0.2, 0) is 0 Å². The van der Waals surface area contributed by atoms with Gasteiger partial charge in [-0.25, -0.2) is 0 Å². The summed E-state index contributed by atoms with van der Waals surface area (Å²) in [4.78, 5) is 27.7. The fourth-order valence-electron chi connectivity index (χ4n) is 3.88. The molecular formula is C22H23N3O4. The first-order valence-corrected chi connectivity index (χ1v) is 9.71. The molecule has 3 aromatic rings. The molecule has 1 saturated heterocycles. The molecule has 2 amide bonds. The van der Waals surface area contributed by atoms with Crippen molar-refractivity contribution < 1.29 is 18.5 Å². The highest BCUT2D eigenvalue weighted by Crippen LogP contribution is 2.26. The summed E-state index contributed by atoms with van der Waals surface area (Å²) in [6, 6.07) is 12.0. The van der Waals surface area contributed by atoms with Gasteiger partial charge in [-0.2, -0.15) is 0 Å². The largest absolute Gasteiger partial charge is 0.461 e. The third kappa shape index (κ3) is 4.08. The fraction of sp³-hybridized carbons (Fsp3) is 0.318. The molecule has 2 atom stereocenters. The van der Waals surface area contributed by atoms with E-state index >= 15 is 0 Å². The summed E-state index contributed by atoms with van der Waals surface area (Å²) in [5.41, 5.74) is 1.03. The summed E-state index contributed by atoms with van der Waals surface area (Å²) in [6.07, 6.45) is 2.63. The number of likely N-dealkylation sites (tertiary alicyclic amines) is 1. The molecule has 0 unspecified atom stereocenters. The molecule has 1 aromatic carbocycles. The number of benzene rings is 1. The second-order valence-corrected chi connectivity index (χ2v) is 7.71. The lowest BCUT2D eigenvalue weighted by Crippen LogP contribution is -2.42. The monoisotopic (exact) mass is 393 g/mol. The van der Waals surface area contributed by atoms with Gasteiger partial charge in [0.1, 0.15) is 0 Å². The van der Waals surface area contributed by atoms with E-state index in [9.17, 15) is 9.59 Å². The van der Waals surface area contributed by atoms with Crippen molar-refractivity contribution in [2.45, 2.75) is 20.3 Å². The first-order chi connectivity index (χ1) is 14.0. The Kier molecular flexibility index (Phi) is 5.20. The van der Waals surface area contributed by atoms with E-state index in [1.807, 2.05) is 4.90 Å². The second-order valence-electron chi connectivity index (χ2n) is 7.71. The van der Waals surface area contributed by atoms with Crippen molar-refractivity contribution in [3.8, 4) is 11.5 Å². The van der Waals surface area contributed by atoms with Gasteiger partial charge in [0, 0.05) is 19.2 Å². The number of rotatable bonds is 4. The molecule has 2 aromatic heterocycles. The van der Waals surface area contributed by atoms with Gasteiger partial charge in [0.25, 0.3) is 11.8 Å². The minimum Gasteiger partial charge on any atom is -0.461 e. The Morgan fingerprint density at radius 2 is 1.83 bits per heavy atom. The summed E-state index contributed by atoms with van der Waals surface area (Å²) in [7, 11) is 0. The Labute approximate surface area is 168 Å². The summed E-state index contributed by atoms with van der Waals surface area (Å²) in [6.45, 7) is 5.76. The van der Waals surface area contributed by atoms with Crippen molar-refractivity contribution in [3.05, 3.63) is 60.0 Å². The molecule has 29 heavy (non-hydrogen) atoms. The minimum absolute atomic E-state index is 0.0734. The quantitative estimate of drug-likeness (QED) is 0.714. The van der Waals surface area contributed by atoms with Gasteiger partial charge in [-0.15, -0.1) is 0 Å². The Morgan fingerprint density at radius 3 is 2.55 bits per heavy atom. The molecule has 0 bridgehead atoms. The van der Waals surface area contributed by atoms with Crippen molar-refractivity contribution in [1.82, 2.24) is 10.1 Å². The van der Waals surface area contributed by atoms with E-state index in [0.717, 1.165) is 19.5 Å². The van der Waals surface area contributed by atoms with Crippen LogP contribution in [0.15, 0.2) is 57.7 Å². The van der Waals surface area contributed by atoms with E-state index in [0.29, 0.717) is 34.6 Å². The number of piperidine rings is 1. The van der Waals surface area contributed by atoms with Crippen LogP contribution in [0.1, 0.15) is 41.1 Å². The Balaban J connectivity index is 1.52. The minimum atomic E-state index is -0.452. The maximum absolute atomic E-state index is 13.1. The van der Waals surface area contributed by atoms with Crippen LogP contribution in [0.2, 0.25) is 0 Å². The van der Waals surface area contributed by atoms with E-state index in [-0.39, 0.29) is 11.6 Å². The highest BCUT2D eigenvalue weighted by atomic mass is 16.5. The predicted molar refractivity (Wildman–Crippen MR) is 107 cm³/mol. The van der Waals surface area contributed by atoms with Crippen LogP contribution in [-0.4, -0.2) is 35.0 Å². The highest BCUT2D eigenvalue weighted by Gasteiger charge is 2.28. The average Bonchev–Trinajstić information content (AvgIpc) is 3.39. The number of carbonyl (C=O) groups is 2. The molecule has 1 aliphatic rings. The van der Waals surface area contributed by atoms with Crippen molar-refractivity contribution >= 4 is 17.5 Å². The third-order valence-electron chi connectivity index (χ3n) is 5.07. The van der Waals surface area contributed by atoms with Crippen LogP contribution in [0.3, 0.4) is 0 Å². The standard InChI is InChI=1S/C22H23N3O4/c1-14-10-15(2)13-25(12-14)22(27)16-6-3-4-7-17(16)23-21(26)18-11-20(29-24-18)19-8-5-9-28-19/h3-9,11,14-15H,10,12-13H2,1-2H3,(H,23,26)/t14-,15+. The Morgan fingerprint density at radius 1 is 1.07 bits per heavy atom. The normalized spacial score (nSPS) is 19.2. The van der Waals surface area contributed by atoms with Crippen LogP contribution < -0.4 is 5.32 Å². The van der Waals surface area contributed by atoms with Gasteiger partial charge in [-0.05, 0) is 42.5 Å². The maximum Gasteiger partial charge on any atom is 0.277 e. The molecule has 1 N–H and O–H groups in total. The highest BCUT2D eigenvalue weighted by molar-refractivity contribution is 6.08. The molecular weight excluding hydrogens is 370 g/mol. The first kappa shape index (κ1) is 19.0. The summed E-state index contributed by atoms with van der Waals surface area (Å²) in [5, 5.41) is 6.60. The van der Waals surface area contributed by atoms with Crippen LogP contribution >= 0.6 is 0 Å². The van der Waals surface area contributed by atoms with Gasteiger partial charge in [0.15, 0.2) is 11.5 Å². The second kappa shape index (κ2) is 7.95. The number of amides is 2. The zero-order valence-corrected chi connectivity index (χ0v) is 16.4. The van der Waals surface area contributed by atoms with Gasteiger partial charge in [0.2, 0.25) is 5.76 Å². The first-order valence-electron chi connectivity index (χ1n) is 9.71. The van der Waals surface area contributed by atoms with Gasteiger partial charge in [-0.1, -0.05) is 31.1 Å². The molecule has 1 aliphatic heterocycles. The number of furan rings is 1. The van der Waals surface area contributed by atoms with Gasteiger partial charge >= 0.3 is 0 Å². The zero-order valence-electron chi connectivity index (χ0n) is 16.4. The molecule has 0 aliphatic carbocycles. The lowest BCUT2D eigenvalue weighted by atomic mass is 9.91. The molecule has 7 nitrogen and oxygen atoms in total. The smallest absolute Gasteiger partial charge is 0.277 e. The van der Waals surface area contributed by atoms with Crippen molar-refractivity contribution in [2.24, 2.45) is 11.8 Å². The van der Waals surface area contributed by atoms with Gasteiger partial charge in [0.05, 0.1) is 17.5 Å². The molecule has 0 spiro atoms. The molecule has 7 heteroatoms. The van der Waals surface area contributed by atoms with Gasteiger partial charge in [-0.3, -0.25) is 9.59 Å². The lowest BCUT2D eigenvalue weighted by Gasteiger charge is -2.35. The van der Waals surface area contributed by atoms with E-state index in [4.69, 9.17) is 8.94 Å². The third-order valence-corrected chi connectivity index (χ3v) is 5.07. The van der Waals surface area contributed by atoms with Crippen molar-refractivity contribution in [3.63, 3.8) is 0 Å². The fourth-order valence-corrected chi connectivity index (χ4v) is 3.88. The van der Waals surface area contributed by atoms with Crippen LogP contribution in [0.25, 0.3) is 11.5 Å². The summed E-state index contributed by atoms with van der Waals surface area (Å²) in [5.74, 6) is 1.24. The van der Waals surface area contributed by atoms with Crippen molar-refractivity contribution in [2.75, 3.05) is 18.4 Å². The number of anilines is 1. The molecule has 150 valence electrons. The lowest BCUT2D eigenvalue weighted by molar-refractivity contribution is 0.0624. The number of carbonyl (C=O) groups excluding carboxylic acids is 2.